The highest BCUT2D eigenvalue weighted by Crippen LogP contribution is 2.33. The zero-order valence-corrected chi connectivity index (χ0v) is 13.1. The van der Waals surface area contributed by atoms with Crippen LogP contribution in [0, 0.1) is 0 Å². The largest absolute Gasteiger partial charge is 0.471 e. The maximum atomic E-state index is 6.07. The maximum Gasteiger partial charge on any atom is 0.221 e. The van der Waals surface area contributed by atoms with Crippen LogP contribution in [-0.4, -0.2) is 42.4 Å². The predicted octanol–water partition coefficient (Wildman–Crippen LogP) is 1.85. The quantitative estimate of drug-likeness (QED) is 0.899. The summed E-state index contributed by atoms with van der Waals surface area (Å²) in [7, 11) is 0. The van der Waals surface area contributed by atoms with Gasteiger partial charge >= 0.3 is 0 Å². The number of nitrogens with one attached hydrogen (secondary N) is 1. The second-order valence-electron chi connectivity index (χ2n) is 6.29. The third-order valence-corrected chi connectivity index (χ3v) is 4.62. The van der Waals surface area contributed by atoms with Gasteiger partial charge in [-0.2, -0.15) is 0 Å². The predicted molar refractivity (Wildman–Crippen MR) is 88.6 cm³/mol. The third-order valence-electron chi connectivity index (χ3n) is 4.62. The van der Waals surface area contributed by atoms with Crippen LogP contribution in [0.25, 0.3) is 10.8 Å². The van der Waals surface area contributed by atoms with Crippen LogP contribution in [0.4, 0.5) is 5.82 Å². The fourth-order valence-corrected chi connectivity index (χ4v) is 3.45. The molecule has 0 saturated carbocycles. The summed E-state index contributed by atoms with van der Waals surface area (Å²) in [5.74, 6) is 1.55. The number of piperidine rings is 1. The number of nitrogens with two attached hydrogens (primary N) is 1. The van der Waals surface area contributed by atoms with E-state index >= 15 is 0 Å². The molecular weight excluding hydrogens is 292 g/mol. The molecule has 2 fully saturated rings. The summed E-state index contributed by atoms with van der Waals surface area (Å²) in [5.41, 5.74) is 7.13. The molecular formula is C17H22N4O2. The number of hydrogen-bond donors (Lipinski definition) is 2. The lowest BCUT2D eigenvalue weighted by molar-refractivity contribution is 0.139. The summed E-state index contributed by atoms with van der Waals surface area (Å²) >= 11 is 0. The Hall–Kier alpha value is -1.92. The van der Waals surface area contributed by atoms with Crippen LogP contribution in [0.2, 0.25) is 0 Å². The van der Waals surface area contributed by atoms with Crippen molar-refractivity contribution in [1.82, 2.24) is 15.3 Å². The van der Waals surface area contributed by atoms with E-state index in [-0.39, 0.29) is 6.10 Å². The van der Waals surface area contributed by atoms with Crippen molar-refractivity contribution in [3.63, 3.8) is 0 Å². The van der Waals surface area contributed by atoms with E-state index in [1.807, 2.05) is 12.1 Å². The average Bonchev–Trinajstić information content (AvgIpc) is 3.09. The lowest BCUT2D eigenvalue weighted by Gasteiger charge is -2.24. The van der Waals surface area contributed by atoms with Crippen LogP contribution in [-0.2, 0) is 4.74 Å². The highest BCUT2D eigenvalue weighted by atomic mass is 16.5. The molecule has 2 atom stereocenters. The Bertz CT molecular complexity index is 694. The molecule has 4 heterocycles. The second-order valence-corrected chi connectivity index (χ2v) is 6.29. The first-order valence-electron chi connectivity index (χ1n) is 8.31. The molecule has 4 rings (SSSR count). The molecule has 0 bridgehead atoms. The van der Waals surface area contributed by atoms with E-state index in [0.29, 0.717) is 24.2 Å². The number of ether oxygens (including phenoxy) is 2. The Labute approximate surface area is 135 Å². The molecule has 122 valence electrons. The zero-order chi connectivity index (χ0) is 15.6. The van der Waals surface area contributed by atoms with E-state index in [0.717, 1.165) is 55.4 Å². The van der Waals surface area contributed by atoms with E-state index in [4.69, 9.17) is 15.2 Å². The van der Waals surface area contributed by atoms with Crippen LogP contribution in [0.15, 0.2) is 18.3 Å². The molecule has 0 unspecified atom stereocenters. The van der Waals surface area contributed by atoms with Crippen molar-refractivity contribution >= 4 is 16.6 Å². The highest BCUT2D eigenvalue weighted by Gasteiger charge is 2.23. The van der Waals surface area contributed by atoms with Crippen molar-refractivity contribution in [2.75, 3.05) is 32.0 Å². The van der Waals surface area contributed by atoms with Crippen molar-refractivity contribution in [2.24, 2.45) is 0 Å². The molecule has 23 heavy (non-hydrogen) atoms. The number of nitrogen functional groups attached to an aromatic ring is 1. The van der Waals surface area contributed by atoms with Gasteiger partial charge in [-0.3, -0.25) is 0 Å². The first kappa shape index (κ1) is 14.7. The summed E-state index contributed by atoms with van der Waals surface area (Å²) in [4.78, 5) is 9.05. The van der Waals surface area contributed by atoms with Gasteiger partial charge < -0.3 is 20.5 Å². The molecule has 0 aromatic carbocycles. The summed E-state index contributed by atoms with van der Waals surface area (Å²) in [5, 5.41) is 5.49. The second kappa shape index (κ2) is 6.29. The maximum absolute atomic E-state index is 6.07. The number of aromatic nitrogens is 2. The minimum Gasteiger partial charge on any atom is -0.471 e. The number of pyridine rings is 2. The van der Waals surface area contributed by atoms with E-state index in [2.05, 4.69) is 15.3 Å². The number of rotatable bonds is 3. The lowest BCUT2D eigenvalue weighted by atomic mass is 9.92. The van der Waals surface area contributed by atoms with Gasteiger partial charge in [-0.05, 0) is 31.5 Å². The van der Waals surface area contributed by atoms with Crippen LogP contribution < -0.4 is 15.8 Å². The molecule has 2 aromatic rings. The van der Waals surface area contributed by atoms with Gasteiger partial charge in [-0.1, -0.05) is 0 Å². The molecule has 6 nitrogen and oxygen atoms in total. The lowest BCUT2D eigenvalue weighted by Crippen LogP contribution is -2.29. The molecule has 6 heteroatoms. The number of anilines is 1. The minimum atomic E-state index is 0.0716. The van der Waals surface area contributed by atoms with Gasteiger partial charge in [0.25, 0.3) is 0 Å². The van der Waals surface area contributed by atoms with Crippen molar-refractivity contribution in [3.8, 4) is 5.88 Å². The van der Waals surface area contributed by atoms with Crippen LogP contribution in [0.1, 0.15) is 30.9 Å². The fourth-order valence-electron chi connectivity index (χ4n) is 3.45. The molecule has 2 aromatic heterocycles. The minimum absolute atomic E-state index is 0.0716. The summed E-state index contributed by atoms with van der Waals surface area (Å²) < 4.78 is 11.4. The summed E-state index contributed by atoms with van der Waals surface area (Å²) in [6.07, 6.45) is 5.06. The third kappa shape index (κ3) is 2.96. The number of hydrogen-bond acceptors (Lipinski definition) is 6. The number of nitrogens with zero attached hydrogens (tertiary/aromatic N) is 2. The highest BCUT2D eigenvalue weighted by molar-refractivity contribution is 5.90. The molecule has 0 radical (unpaired) electrons. The molecule has 0 spiro atoms. The molecule has 2 saturated heterocycles. The SMILES string of the molecule is Nc1cc2c(O[C@@H]3CCOC3)nccc2c([C@H]2CCCNC2)n1. The van der Waals surface area contributed by atoms with Gasteiger partial charge in [0.15, 0.2) is 0 Å². The van der Waals surface area contributed by atoms with Crippen LogP contribution in [0.5, 0.6) is 5.88 Å². The fraction of sp³-hybridized carbons (Fsp3) is 0.529. The van der Waals surface area contributed by atoms with Crippen molar-refractivity contribution in [2.45, 2.75) is 31.3 Å². The van der Waals surface area contributed by atoms with Gasteiger partial charge in [0.2, 0.25) is 5.88 Å². The van der Waals surface area contributed by atoms with Crippen LogP contribution in [0.3, 0.4) is 0 Å². The van der Waals surface area contributed by atoms with Crippen molar-refractivity contribution < 1.29 is 9.47 Å². The first-order valence-corrected chi connectivity index (χ1v) is 8.31. The molecule has 0 amide bonds. The van der Waals surface area contributed by atoms with Crippen molar-refractivity contribution in [1.29, 1.82) is 0 Å². The molecule has 2 aliphatic rings. The Morgan fingerprint density at radius 2 is 2.26 bits per heavy atom. The monoisotopic (exact) mass is 314 g/mol. The summed E-state index contributed by atoms with van der Waals surface area (Å²) in [6, 6.07) is 3.89. The average molecular weight is 314 g/mol. The Balaban J connectivity index is 1.75. The number of fused-ring (bicyclic) bond motifs is 1. The van der Waals surface area contributed by atoms with Crippen LogP contribution >= 0.6 is 0 Å². The standard InChI is InChI=1S/C17H22N4O2/c18-15-8-14-13(16(21-15)11-2-1-5-19-9-11)3-6-20-17(14)23-12-4-7-22-10-12/h3,6,8,11-12,19H,1-2,4-5,7,9-10H2,(H2,18,21)/t11-,12+/m0/s1. The Kier molecular flexibility index (Phi) is 4.01. The van der Waals surface area contributed by atoms with Gasteiger partial charge in [0.05, 0.1) is 18.9 Å². The van der Waals surface area contributed by atoms with Gasteiger partial charge in [0.1, 0.15) is 11.9 Å². The Morgan fingerprint density at radius 1 is 1.30 bits per heavy atom. The Morgan fingerprint density at radius 3 is 3.04 bits per heavy atom. The van der Waals surface area contributed by atoms with E-state index in [1.165, 1.54) is 0 Å². The van der Waals surface area contributed by atoms with Crippen molar-refractivity contribution in [3.05, 3.63) is 24.0 Å². The molecule has 3 N–H and O–H groups in total. The van der Waals surface area contributed by atoms with Gasteiger partial charge in [-0.15, -0.1) is 0 Å². The van der Waals surface area contributed by atoms with Gasteiger partial charge in [0, 0.05) is 35.9 Å². The zero-order valence-electron chi connectivity index (χ0n) is 13.1. The van der Waals surface area contributed by atoms with Gasteiger partial charge in [-0.25, -0.2) is 9.97 Å². The summed E-state index contributed by atoms with van der Waals surface area (Å²) in [6.45, 7) is 3.39. The van der Waals surface area contributed by atoms with E-state index in [1.54, 1.807) is 6.20 Å². The van der Waals surface area contributed by atoms with E-state index < -0.39 is 0 Å². The van der Waals surface area contributed by atoms with E-state index in [9.17, 15) is 0 Å². The topological polar surface area (TPSA) is 82.3 Å². The first-order chi connectivity index (χ1) is 11.3. The molecule has 0 aliphatic carbocycles. The molecule has 2 aliphatic heterocycles. The normalized spacial score (nSPS) is 24.9. The smallest absolute Gasteiger partial charge is 0.221 e.